The summed E-state index contributed by atoms with van der Waals surface area (Å²) in [6, 6.07) is 6.44. The molecule has 0 aliphatic rings. The standard InChI is InChI=1S/C14H10BrF2NO3/c1-8-4-14(12(17)6-13(8)18(19)20)21-7-9-2-3-10(15)5-11(9)16/h2-6H,7H2,1H3. The van der Waals surface area contributed by atoms with Crippen LogP contribution in [0.25, 0.3) is 0 Å². The Morgan fingerprint density at radius 2 is 1.95 bits per heavy atom. The van der Waals surface area contributed by atoms with Gasteiger partial charge in [0, 0.05) is 15.6 Å². The molecule has 0 N–H and O–H groups in total. The van der Waals surface area contributed by atoms with Gasteiger partial charge in [-0.15, -0.1) is 0 Å². The van der Waals surface area contributed by atoms with Crippen LogP contribution in [0.3, 0.4) is 0 Å². The van der Waals surface area contributed by atoms with Gasteiger partial charge >= 0.3 is 0 Å². The van der Waals surface area contributed by atoms with E-state index in [0.717, 1.165) is 6.07 Å². The number of rotatable bonds is 4. The van der Waals surface area contributed by atoms with E-state index in [4.69, 9.17) is 4.74 Å². The molecule has 0 unspecified atom stereocenters. The van der Waals surface area contributed by atoms with E-state index in [9.17, 15) is 18.9 Å². The normalized spacial score (nSPS) is 10.5. The van der Waals surface area contributed by atoms with Crippen molar-refractivity contribution in [3.63, 3.8) is 0 Å². The molecule has 0 saturated heterocycles. The summed E-state index contributed by atoms with van der Waals surface area (Å²) in [5.41, 5.74) is 0.205. The lowest BCUT2D eigenvalue weighted by molar-refractivity contribution is -0.385. The molecule has 0 spiro atoms. The zero-order valence-corrected chi connectivity index (χ0v) is 12.5. The molecule has 2 aromatic rings. The third-order valence-electron chi connectivity index (χ3n) is 2.85. The molecular weight excluding hydrogens is 348 g/mol. The molecule has 21 heavy (non-hydrogen) atoms. The topological polar surface area (TPSA) is 52.4 Å². The Hall–Kier alpha value is -2.02. The monoisotopic (exact) mass is 357 g/mol. The SMILES string of the molecule is Cc1cc(OCc2ccc(Br)cc2F)c(F)cc1[N+](=O)[O-]. The molecular formula is C14H10BrF2NO3. The van der Waals surface area contributed by atoms with Crippen LogP contribution in [0.5, 0.6) is 5.75 Å². The summed E-state index contributed by atoms with van der Waals surface area (Å²) in [4.78, 5) is 10.0. The molecule has 0 fully saturated rings. The average molecular weight is 358 g/mol. The van der Waals surface area contributed by atoms with Crippen LogP contribution in [0, 0.1) is 28.7 Å². The van der Waals surface area contributed by atoms with Crippen LogP contribution in [0.2, 0.25) is 0 Å². The van der Waals surface area contributed by atoms with Crippen molar-refractivity contribution in [1.29, 1.82) is 0 Å². The largest absolute Gasteiger partial charge is 0.486 e. The van der Waals surface area contributed by atoms with E-state index in [1.165, 1.54) is 25.1 Å². The second-order valence-electron chi connectivity index (χ2n) is 4.35. The maximum absolute atomic E-state index is 13.7. The number of hydrogen-bond donors (Lipinski definition) is 0. The van der Waals surface area contributed by atoms with Gasteiger partial charge in [0.15, 0.2) is 11.6 Å². The highest BCUT2D eigenvalue weighted by Crippen LogP contribution is 2.28. The Morgan fingerprint density at radius 3 is 2.57 bits per heavy atom. The maximum Gasteiger partial charge on any atom is 0.275 e. The smallest absolute Gasteiger partial charge is 0.275 e. The minimum absolute atomic E-state index is 0.152. The zero-order valence-electron chi connectivity index (χ0n) is 10.9. The van der Waals surface area contributed by atoms with Gasteiger partial charge in [-0.25, -0.2) is 8.78 Å². The van der Waals surface area contributed by atoms with Crippen molar-refractivity contribution in [2.45, 2.75) is 13.5 Å². The lowest BCUT2D eigenvalue weighted by atomic mass is 10.2. The fourth-order valence-electron chi connectivity index (χ4n) is 1.75. The van der Waals surface area contributed by atoms with Crippen LogP contribution < -0.4 is 4.74 Å². The Bertz CT molecular complexity index is 707. The molecule has 7 heteroatoms. The molecule has 0 aliphatic carbocycles. The third kappa shape index (κ3) is 3.55. The van der Waals surface area contributed by atoms with Crippen LogP contribution in [0.4, 0.5) is 14.5 Å². The minimum Gasteiger partial charge on any atom is -0.486 e. The van der Waals surface area contributed by atoms with Gasteiger partial charge in [-0.2, -0.15) is 0 Å². The van der Waals surface area contributed by atoms with Crippen molar-refractivity contribution >= 4 is 21.6 Å². The number of nitrogens with zero attached hydrogens (tertiary/aromatic N) is 1. The van der Waals surface area contributed by atoms with E-state index < -0.39 is 16.6 Å². The van der Waals surface area contributed by atoms with Crippen LogP contribution in [-0.2, 0) is 6.61 Å². The van der Waals surface area contributed by atoms with Crippen molar-refractivity contribution in [3.05, 3.63) is 67.7 Å². The van der Waals surface area contributed by atoms with E-state index in [1.54, 1.807) is 6.07 Å². The molecule has 2 aromatic carbocycles. The molecule has 0 aliphatic heterocycles. The minimum atomic E-state index is -0.857. The second kappa shape index (κ2) is 6.17. The first-order chi connectivity index (χ1) is 9.88. The second-order valence-corrected chi connectivity index (χ2v) is 5.27. The van der Waals surface area contributed by atoms with E-state index in [2.05, 4.69) is 15.9 Å². The highest BCUT2D eigenvalue weighted by atomic mass is 79.9. The number of benzene rings is 2. The van der Waals surface area contributed by atoms with Crippen molar-refractivity contribution in [3.8, 4) is 5.75 Å². The molecule has 0 atom stereocenters. The number of hydrogen-bond acceptors (Lipinski definition) is 3. The summed E-state index contributed by atoms with van der Waals surface area (Å²) < 4.78 is 33.1. The Morgan fingerprint density at radius 1 is 1.24 bits per heavy atom. The van der Waals surface area contributed by atoms with Gasteiger partial charge in [0.25, 0.3) is 5.69 Å². The van der Waals surface area contributed by atoms with Gasteiger partial charge in [0.05, 0.1) is 11.0 Å². The lowest BCUT2D eigenvalue weighted by Crippen LogP contribution is -2.01. The summed E-state index contributed by atoms with van der Waals surface area (Å²) in [7, 11) is 0. The number of ether oxygens (including phenoxy) is 1. The van der Waals surface area contributed by atoms with Gasteiger partial charge in [0.2, 0.25) is 0 Å². The van der Waals surface area contributed by atoms with Gasteiger partial charge in [0.1, 0.15) is 12.4 Å². The first-order valence-electron chi connectivity index (χ1n) is 5.89. The average Bonchev–Trinajstić information content (AvgIpc) is 2.40. The summed E-state index contributed by atoms with van der Waals surface area (Å²) in [6.07, 6.45) is 0. The van der Waals surface area contributed by atoms with Gasteiger partial charge < -0.3 is 4.74 Å². The first-order valence-corrected chi connectivity index (χ1v) is 6.69. The molecule has 4 nitrogen and oxygen atoms in total. The van der Waals surface area contributed by atoms with E-state index in [1.807, 2.05) is 0 Å². The van der Waals surface area contributed by atoms with E-state index in [0.29, 0.717) is 4.47 Å². The van der Waals surface area contributed by atoms with Crippen LogP contribution >= 0.6 is 15.9 Å². The number of nitro benzene ring substituents is 1. The molecule has 110 valence electrons. The Kier molecular flexibility index (Phi) is 4.52. The van der Waals surface area contributed by atoms with Crippen LogP contribution in [-0.4, -0.2) is 4.92 Å². The summed E-state index contributed by atoms with van der Waals surface area (Å²) in [6.45, 7) is 1.30. The Labute approximate surface area is 127 Å². The van der Waals surface area contributed by atoms with Crippen LogP contribution in [0.15, 0.2) is 34.8 Å². The fraction of sp³-hybridized carbons (Fsp3) is 0.143. The third-order valence-corrected chi connectivity index (χ3v) is 3.34. The predicted octanol–water partition coefficient (Wildman–Crippen LogP) is 4.52. The van der Waals surface area contributed by atoms with Crippen LogP contribution in [0.1, 0.15) is 11.1 Å². The number of aryl methyl sites for hydroxylation is 1. The lowest BCUT2D eigenvalue weighted by Gasteiger charge is -2.09. The molecule has 0 saturated carbocycles. The maximum atomic E-state index is 13.7. The molecule has 2 rings (SSSR count). The molecule has 0 heterocycles. The van der Waals surface area contributed by atoms with Gasteiger partial charge in [-0.05, 0) is 25.1 Å². The highest BCUT2D eigenvalue weighted by molar-refractivity contribution is 9.10. The molecule has 0 amide bonds. The number of nitro groups is 1. The van der Waals surface area contributed by atoms with Crippen molar-refractivity contribution in [1.82, 2.24) is 0 Å². The summed E-state index contributed by atoms with van der Waals surface area (Å²) in [5.74, 6) is -1.49. The molecule has 0 radical (unpaired) electrons. The summed E-state index contributed by atoms with van der Waals surface area (Å²) >= 11 is 3.13. The molecule has 0 aromatic heterocycles. The van der Waals surface area contributed by atoms with Gasteiger partial charge in [-0.1, -0.05) is 22.0 Å². The predicted molar refractivity (Wildman–Crippen MR) is 76.2 cm³/mol. The van der Waals surface area contributed by atoms with Crippen molar-refractivity contribution in [2.24, 2.45) is 0 Å². The van der Waals surface area contributed by atoms with E-state index >= 15 is 0 Å². The van der Waals surface area contributed by atoms with Gasteiger partial charge in [-0.3, -0.25) is 10.1 Å². The number of halogens is 3. The van der Waals surface area contributed by atoms with Crippen molar-refractivity contribution < 1.29 is 18.4 Å². The quantitative estimate of drug-likeness (QED) is 0.596. The molecule has 0 bridgehead atoms. The summed E-state index contributed by atoms with van der Waals surface area (Å²) in [5, 5.41) is 10.7. The first kappa shape index (κ1) is 15.4. The fourth-order valence-corrected chi connectivity index (χ4v) is 2.08. The highest BCUT2D eigenvalue weighted by Gasteiger charge is 2.16. The van der Waals surface area contributed by atoms with Crippen molar-refractivity contribution in [2.75, 3.05) is 0 Å². The Balaban J connectivity index is 2.20. The zero-order chi connectivity index (χ0) is 15.6. The van der Waals surface area contributed by atoms with E-state index in [-0.39, 0.29) is 29.2 Å².